The van der Waals surface area contributed by atoms with Gasteiger partial charge in [-0.1, -0.05) is 6.07 Å². The van der Waals surface area contributed by atoms with E-state index in [0.717, 1.165) is 52.7 Å². The van der Waals surface area contributed by atoms with E-state index in [4.69, 9.17) is 15.8 Å². The van der Waals surface area contributed by atoms with E-state index in [1.165, 1.54) is 32.1 Å². The van der Waals surface area contributed by atoms with Gasteiger partial charge in [0, 0.05) is 42.4 Å². The van der Waals surface area contributed by atoms with E-state index >= 15 is 0 Å². The summed E-state index contributed by atoms with van der Waals surface area (Å²) in [5.41, 5.74) is 9.96. The van der Waals surface area contributed by atoms with Crippen molar-refractivity contribution >= 4 is 35.5 Å². The molecule has 3 aliphatic carbocycles. The number of aldehydes is 1. The number of nitrogens with two attached hydrogens (primary N) is 1. The summed E-state index contributed by atoms with van der Waals surface area (Å²) >= 11 is 0. The van der Waals surface area contributed by atoms with Gasteiger partial charge in [0.2, 0.25) is 5.91 Å². The Hall–Kier alpha value is -4.54. The summed E-state index contributed by atoms with van der Waals surface area (Å²) < 4.78 is 2.14. The molecule has 2 aromatic heterocycles. The molecule has 0 bridgehead atoms. The average Bonchev–Trinajstić information content (AvgIpc) is 3.68. The normalized spacial score (nSPS) is 21.8. The lowest BCUT2D eigenvalue weighted by Gasteiger charge is -2.35. The molecule has 0 spiro atoms. The van der Waals surface area contributed by atoms with Gasteiger partial charge in [-0.05, 0) is 87.6 Å². The van der Waals surface area contributed by atoms with Gasteiger partial charge in [0.1, 0.15) is 18.1 Å². The Kier molecular flexibility index (Phi) is 7.39. The quantitative estimate of drug-likeness (QED) is 0.196. The molecule has 1 unspecified atom stereocenters. The predicted molar refractivity (Wildman–Crippen MR) is 164 cm³/mol. The van der Waals surface area contributed by atoms with E-state index in [9.17, 15) is 19.2 Å². The summed E-state index contributed by atoms with van der Waals surface area (Å²) in [6, 6.07) is 11.0. The van der Waals surface area contributed by atoms with E-state index in [-0.39, 0.29) is 24.0 Å². The second-order valence-electron chi connectivity index (χ2n) is 12.6. The number of carbonyl (C=O) groups excluding carboxylic acids is 4. The Morgan fingerprint density at radius 2 is 1.84 bits per heavy atom. The highest BCUT2D eigenvalue weighted by molar-refractivity contribution is 6.23. The number of nitrogens with one attached hydrogen (secondary N) is 2. The highest BCUT2D eigenvalue weighted by Gasteiger charge is 2.42. The molecule has 7 rings (SSSR count). The van der Waals surface area contributed by atoms with Gasteiger partial charge >= 0.3 is 0 Å². The molecule has 0 radical (unpaired) electrons. The zero-order valence-corrected chi connectivity index (χ0v) is 24.6. The maximum absolute atomic E-state index is 13.1. The fourth-order valence-electron chi connectivity index (χ4n) is 6.50. The number of benzene rings is 1. The predicted octanol–water partition coefficient (Wildman–Crippen LogP) is 4.28. The van der Waals surface area contributed by atoms with Crippen LogP contribution >= 0.6 is 0 Å². The number of fused-ring (bicyclic) bond motifs is 1. The Labute approximate surface area is 255 Å². The lowest BCUT2D eigenvalue weighted by molar-refractivity contribution is -0.122. The maximum Gasteiger partial charge on any atom is 0.262 e. The largest absolute Gasteiger partial charge is 0.385 e. The summed E-state index contributed by atoms with van der Waals surface area (Å²) in [6.07, 6.45) is 10.9. The van der Waals surface area contributed by atoms with Crippen LogP contribution in [0.3, 0.4) is 0 Å². The van der Waals surface area contributed by atoms with Gasteiger partial charge < -0.3 is 21.2 Å². The Balaban J connectivity index is 0.980. The molecular formula is C33H37N7O4. The van der Waals surface area contributed by atoms with E-state index < -0.39 is 23.8 Å². The van der Waals surface area contributed by atoms with Crippen molar-refractivity contribution in [1.82, 2.24) is 19.7 Å². The van der Waals surface area contributed by atoms with Crippen molar-refractivity contribution in [3.05, 3.63) is 59.4 Å². The molecule has 3 aromatic rings. The smallest absolute Gasteiger partial charge is 0.262 e. The van der Waals surface area contributed by atoms with E-state index in [1.807, 2.05) is 6.07 Å². The first kappa shape index (κ1) is 28.2. The molecule has 44 heavy (non-hydrogen) atoms. The van der Waals surface area contributed by atoms with Crippen LogP contribution in [0.2, 0.25) is 0 Å². The monoisotopic (exact) mass is 595 g/mol. The molecule has 3 heterocycles. The Morgan fingerprint density at radius 1 is 1.05 bits per heavy atom. The standard InChI is InChI=1S/C33H37N7O4/c34-31(42)28(7-3-13-41)40-32(43)24-12-11-22(16-25(24)33(40)44)35-17-19-14-23(15-19)39-18-26(30(38-39)20-9-10-20)27-6-2-8-29(37-27)36-21-4-1-5-21/h2,6,8,11-13,16,18-21,23,28,35H,1,3-5,7,9-10,14-15,17H2,(H2,34,42)(H,36,37)/t19-,23-,28?. The van der Waals surface area contributed by atoms with Gasteiger partial charge in [-0.2, -0.15) is 5.10 Å². The molecule has 3 amide bonds. The second-order valence-corrected chi connectivity index (χ2v) is 12.6. The van der Waals surface area contributed by atoms with Crippen LogP contribution < -0.4 is 16.4 Å². The number of pyridine rings is 1. The maximum atomic E-state index is 13.1. The van der Waals surface area contributed by atoms with Crippen molar-refractivity contribution in [2.75, 3.05) is 17.2 Å². The van der Waals surface area contributed by atoms with Gasteiger partial charge in [0.25, 0.3) is 11.8 Å². The first-order valence-electron chi connectivity index (χ1n) is 15.7. The topological polar surface area (TPSA) is 152 Å². The summed E-state index contributed by atoms with van der Waals surface area (Å²) in [6.45, 7) is 0.727. The highest BCUT2D eigenvalue weighted by Crippen LogP contribution is 2.45. The first-order chi connectivity index (χ1) is 21.4. The molecule has 1 aliphatic heterocycles. The minimum atomic E-state index is -1.15. The van der Waals surface area contributed by atoms with Gasteiger partial charge in [-0.15, -0.1) is 0 Å². The molecule has 3 fully saturated rings. The molecule has 1 atom stereocenters. The third kappa shape index (κ3) is 5.35. The Morgan fingerprint density at radius 3 is 2.55 bits per heavy atom. The SMILES string of the molecule is NC(=O)C(CCC=O)N1C(=O)c2ccc(NC[C@H]3C[C@H](n4cc(-c5cccc(NC6CCC6)n5)c(C5CC5)n4)C3)cc2C1=O. The third-order valence-corrected chi connectivity index (χ3v) is 9.50. The van der Waals surface area contributed by atoms with Crippen LogP contribution in [0.25, 0.3) is 11.3 Å². The van der Waals surface area contributed by atoms with Crippen molar-refractivity contribution in [1.29, 1.82) is 0 Å². The summed E-state index contributed by atoms with van der Waals surface area (Å²) in [5.74, 6) is -0.0381. The van der Waals surface area contributed by atoms with Crippen LogP contribution in [-0.2, 0) is 9.59 Å². The van der Waals surface area contributed by atoms with Crippen LogP contribution in [0.4, 0.5) is 11.5 Å². The number of rotatable bonds is 13. The molecular weight excluding hydrogens is 558 g/mol. The van der Waals surface area contributed by atoms with E-state index in [0.29, 0.717) is 30.2 Å². The number of nitrogens with zero attached hydrogens (tertiary/aromatic N) is 4. The van der Waals surface area contributed by atoms with E-state index in [1.54, 1.807) is 18.2 Å². The van der Waals surface area contributed by atoms with Crippen LogP contribution in [0.15, 0.2) is 42.6 Å². The lowest BCUT2D eigenvalue weighted by Crippen LogP contribution is -2.47. The summed E-state index contributed by atoms with van der Waals surface area (Å²) in [5, 5.41) is 12.0. The van der Waals surface area contributed by atoms with Crippen molar-refractivity contribution in [3.63, 3.8) is 0 Å². The average molecular weight is 596 g/mol. The second kappa shape index (κ2) is 11.5. The summed E-state index contributed by atoms with van der Waals surface area (Å²) in [4.78, 5) is 54.7. The van der Waals surface area contributed by atoms with E-state index in [2.05, 4.69) is 33.6 Å². The molecule has 0 saturated heterocycles. The van der Waals surface area contributed by atoms with Crippen LogP contribution in [0.1, 0.15) is 96.2 Å². The number of hydrogen-bond acceptors (Lipinski definition) is 8. The van der Waals surface area contributed by atoms with Gasteiger partial charge in [-0.25, -0.2) is 4.98 Å². The number of primary amides is 1. The lowest BCUT2D eigenvalue weighted by atomic mass is 9.80. The summed E-state index contributed by atoms with van der Waals surface area (Å²) in [7, 11) is 0. The number of anilines is 2. The molecule has 11 heteroatoms. The van der Waals surface area contributed by atoms with Crippen molar-refractivity contribution < 1.29 is 19.2 Å². The zero-order valence-electron chi connectivity index (χ0n) is 24.6. The van der Waals surface area contributed by atoms with Crippen molar-refractivity contribution in [2.45, 2.75) is 81.8 Å². The molecule has 3 saturated carbocycles. The number of aromatic nitrogens is 3. The number of hydrogen-bond donors (Lipinski definition) is 3. The highest BCUT2D eigenvalue weighted by atomic mass is 16.2. The molecule has 4 N–H and O–H groups in total. The molecule has 1 aromatic carbocycles. The van der Waals surface area contributed by atoms with Crippen molar-refractivity contribution in [3.8, 4) is 11.3 Å². The number of amides is 3. The zero-order chi connectivity index (χ0) is 30.4. The van der Waals surface area contributed by atoms with Crippen LogP contribution in [0.5, 0.6) is 0 Å². The fraction of sp³-hybridized carbons (Fsp3) is 0.455. The molecule has 228 valence electrons. The minimum absolute atomic E-state index is 0.0126. The first-order valence-corrected chi connectivity index (χ1v) is 15.7. The fourth-order valence-corrected chi connectivity index (χ4v) is 6.50. The Bertz CT molecular complexity index is 1620. The number of carbonyl (C=O) groups is 4. The number of imide groups is 1. The van der Waals surface area contributed by atoms with Crippen molar-refractivity contribution in [2.24, 2.45) is 11.7 Å². The van der Waals surface area contributed by atoms with Crippen LogP contribution in [0, 0.1) is 5.92 Å². The third-order valence-electron chi connectivity index (χ3n) is 9.50. The van der Waals surface area contributed by atoms with Crippen LogP contribution in [-0.4, -0.2) is 62.3 Å². The van der Waals surface area contributed by atoms with Gasteiger partial charge in [0.15, 0.2) is 0 Å². The van der Waals surface area contributed by atoms with Gasteiger partial charge in [-0.3, -0.25) is 24.0 Å². The molecule has 11 nitrogen and oxygen atoms in total. The van der Waals surface area contributed by atoms with Gasteiger partial charge in [0.05, 0.1) is 28.6 Å². The molecule has 4 aliphatic rings. The minimum Gasteiger partial charge on any atom is -0.385 e.